The number of amides is 1. The third kappa shape index (κ3) is 6.33. The average Bonchev–Trinajstić information content (AvgIpc) is 3.86. The van der Waals surface area contributed by atoms with Crippen LogP contribution in [-0.2, 0) is 11.3 Å². The minimum atomic E-state index is -2.27. The van der Waals surface area contributed by atoms with Crippen LogP contribution in [0.4, 0.5) is 23.2 Å². The summed E-state index contributed by atoms with van der Waals surface area (Å²) in [7, 11) is 1.42. The summed E-state index contributed by atoms with van der Waals surface area (Å²) in [6.45, 7) is 1.82. The standard InChI is InChI=1S/C31H31ClF4N4O3/c1-30(2,36)20-11-25(40-28(26(20)35)19-10-21(32)23(34)12-22(19)33)31(42,17-4-5-17)14-39-29(41)15-8-16(13-38-18-6-7-18)27(37)24(9-15)43-3/h8-13,17-18,42H,4-7,14,37H2,1-3H3,(H,39,41)/t31-/m1/s1. The first-order chi connectivity index (χ1) is 20.2. The van der Waals surface area contributed by atoms with Gasteiger partial charge in [-0.1, -0.05) is 11.6 Å². The second-order valence-corrected chi connectivity index (χ2v) is 11.9. The van der Waals surface area contributed by atoms with Gasteiger partial charge in [-0.15, -0.1) is 0 Å². The Morgan fingerprint density at radius 2 is 1.86 bits per heavy atom. The van der Waals surface area contributed by atoms with Gasteiger partial charge >= 0.3 is 0 Å². The summed E-state index contributed by atoms with van der Waals surface area (Å²) in [5.74, 6) is -4.16. The molecule has 1 atom stereocenters. The minimum absolute atomic E-state index is 0.181. The SMILES string of the molecule is COc1cc(C(=O)NC[C@](O)(c2cc(C(C)(C)F)c(F)c(-c3cc(Cl)c(F)cc3F)n2)C2CC2)cc(C=NC2CC2)c1N. The molecule has 4 N–H and O–H groups in total. The zero-order valence-corrected chi connectivity index (χ0v) is 24.5. The average molecular weight is 619 g/mol. The molecule has 5 rings (SSSR count). The summed E-state index contributed by atoms with van der Waals surface area (Å²) in [6, 6.07) is 5.63. The molecule has 1 amide bonds. The molecule has 1 heterocycles. The van der Waals surface area contributed by atoms with Crippen LogP contribution in [0.1, 0.15) is 66.7 Å². The van der Waals surface area contributed by atoms with Crippen molar-refractivity contribution in [2.24, 2.45) is 10.9 Å². The number of aliphatic imine (C=N–C) groups is 1. The Hall–Kier alpha value is -3.70. The van der Waals surface area contributed by atoms with E-state index in [2.05, 4.69) is 15.3 Å². The zero-order valence-electron chi connectivity index (χ0n) is 23.8. The van der Waals surface area contributed by atoms with Crippen molar-refractivity contribution in [2.45, 2.75) is 56.8 Å². The largest absolute Gasteiger partial charge is 0.495 e. The summed E-state index contributed by atoms with van der Waals surface area (Å²) in [4.78, 5) is 22.0. The van der Waals surface area contributed by atoms with E-state index in [-0.39, 0.29) is 29.6 Å². The molecule has 0 saturated heterocycles. The number of aliphatic hydroxyl groups is 1. The highest BCUT2D eigenvalue weighted by molar-refractivity contribution is 6.31. The molecule has 0 unspecified atom stereocenters. The number of nitrogen functional groups attached to an aromatic ring is 1. The molecule has 228 valence electrons. The highest BCUT2D eigenvalue weighted by atomic mass is 35.5. The molecule has 3 aromatic rings. The van der Waals surface area contributed by atoms with Gasteiger partial charge in [0.05, 0.1) is 36.1 Å². The lowest BCUT2D eigenvalue weighted by atomic mass is 9.88. The molecule has 2 fully saturated rings. The van der Waals surface area contributed by atoms with Gasteiger partial charge in [0.1, 0.15) is 34.3 Å². The van der Waals surface area contributed by atoms with E-state index in [4.69, 9.17) is 22.1 Å². The van der Waals surface area contributed by atoms with Gasteiger partial charge < -0.3 is 20.9 Å². The minimum Gasteiger partial charge on any atom is -0.495 e. The van der Waals surface area contributed by atoms with Crippen molar-refractivity contribution >= 4 is 29.4 Å². The highest BCUT2D eigenvalue weighted by Gasteiger charge is 2.47. The number of hydrogen-bond donors (Lipinski definition) is 3. The van der Waals surface area contributed by atoms with E-state index in [0.717, 1.165) is 38.8 Å². The molecule has 7 nitrogen and oxygen atoms in total. The molecule has 2 aromatic carbocycles. The predicted molar refractivity (Wildman–Crippen MR) is 156 cm³/mol. The van der Waals surface area contributed by atoms with Gasteiger partial charge in [0.2, 0.25) is 0 Å². The van der Waals surface area contributed by atoms with Crippen LogP contribution in [0.3, 0.4) is 0 Å². The second-order valence-electron chi connectivity index (χ2n) is 11.5. The number of anilines is 1. The fourth-order valence-electron chi connectivity index (χ4n) is 4.85. The first-order valence-corrected chi connectivity index (χ1v) is 14.2. The summed E-state index contributed by atoms with van der Waals surface area (Å²) < 4.78 is 65.0. The molecule has 2 aliphatic carbocycles. The van der Waals surface area contributed by atoms with Crippen LogP contribution in [-0.4, -0.2) is 41.9 Å². The maximum Gasteiger partial charge on any atom is 0.251 e. The number of rotatable bonds is 10. The summed E-state index contributed by atoms with van der Waals surface area (Å²) in [6.07, 6.45) is 4.65. The number of benzene rings is 2. The van der Waals surface area contributed by atoms with Crippen molar-refractivity contribution in [3.63, 3.8) is 0 Å². The Bertz CT molecular complexity index is 1620. The van der Waals surface area contributed by atoms with Crippen molar-refractivity contribution in [2.75, 3.05) is 19.4 Å². The Balaban J connectivity index is 1.52. The zero-order chi connectivity index (χ0) is 31.3. The van der Waals surface area contributed by atoms with Gasteiger partial charge in [-0.05, 0) is 69.7 Å². The van der Waals surface area contributed by atoms with Crippen LogP contribution in [0.2, 0.25) is 5.02 Å². The molecule has 0 aliphatic heterocycles. The normalized spacial score (nSPS) is 16.8. The first-order valence-electron chi connectivity index (χ1n) is 13.8. The monoisotopic (exact) mass is 618 g/mol. The summed E-state index contributed by atoms with van der Waals surface area (Å²) in [5, 5.41) is 14.1. The maximum atomic E-state index is 15.7. The maximum absolute atomic E-state index is 15.7. The van der Waals surface area contributed by atoms with Crippen molar-refractivity contribution < 1.29 is 32.2 Å². The van der Waals surface area contributed by atoms with Gasteiger partial charge in [-0.3, -0.25) is 9.79 Å². The molecule has 0 bridgehead atoms. The van der Waals surface area contributed by atoms with Crippen LogP contribution in [0.25, 0.3) is 11.3 Å². The van der Waals surface area contributed by atoms with Crippen LogP contribution in [0.5, 0.6) is 5.75 Å². The van der Waals surface area contributed by atoms with Crippen LogP contribution in [0.15, 0.2) is 35.3 Å². The molecular weight excluding hydrogens is 588 g/mol. The number of halogens is 5. The fourth-order valence-corrected chi connectivity index (χ4v) is 5.02. The van der Waals surface area contributed by atoms with Crippen molar-refractivity contribution in [1.82, 2.24) is 10.3 Å². The van der Waals surface area contributed by atoms with Crippen LogP contribution >= 0.6 is 11.6 Å². The topological polar surface area (TPSA) is 110 Å². The number of nitrogens with one attached hydrogen (secondary N) is 1. The van der Waals surface area contributed by atoms with Crippen LogP contribution < -0.4 is 15.8 Å². The quantitative estimate of drug-likeness (QED) is 0.108. The van der Waals surface area contributed by atoms with Crippen molar-refractivity contribution in [1.29, 1.82) is 0 Å². The molecule has 0 spiro atoms. The number of carbonyl (C=O) groups is 1. The smallest absolute Gasteiger partial charge is 0.251 e. The predicted octanol–water partition coefficient (Wildman–Crippen LogP) is 6.22. The fraction of sp³-hybridized carbons (Fsp3) is 0.387. The summed E-state index contributed by atoms with van der Waals surface area (Å²) >= 11 is 5.84. The number of hydrogen-bond acceptors (Lipinski definition) is 6. The van der Waals surface area contributed by atoms with E-state index >= 15 is 8.78 Å². The lowest BCUT2D eigenvalue weighted by Crippen LogP contribution is -2.43. The molecule has 2 aliphatic rings. The van der Waals surface area contributed by atoms with Gasteiger partial charge in [-0.2, -0.15) is 0 Å². The molecular formula is C31H31ClF4N4O3. The van der Waals surface area contributed by atoms with E-state index < -0.39 is 62.4 Å². The lowest BCUT2D eigenvalue weighted by Gasteiger charge is -2.30. The number of aromatic nitrogens is 1. The Morgan fingerprint density at radius 1 is 1.16 bits per heavy atom. The number of nitrogens with zero attached hydrogens (tertiary/aromatic N) is 2. The number of pyridine rings is 1. The van der Waals surface area contributed by atoms with E-state index in [1.165, 1.54) is 13.2 Å². The number of carbonyl (C=O) groups excluding carboxylic acids is 1. The van der Waals surface area contributed by atoms with E-state index in [1.54, 1.807) is 12.3 Å². The Kier molecular flexibility index (Phi) is 8.17. The lowest BCUT2D eigenvalue weighted by molar-refractivity contribution is 0.00916. The van der Waals surface area contributed by atoms with Crippen molar-refractivity contribution in [3.8, 4) is 17.0 Å². The molecule has 2 saturated carbocycles. The Morgan fingerprint density at radius 3 is 2.47 bits per heavy atom. The van der Waals surface area contributed by atoms with E-state index in [9.17, 15) is 18.7 Å². The third-order valence-electron chi connectivity index (χ3n) is 7.71. The molecule has 0 radical (unpaired) electrons. The molecule has 1 aromatic heterocycles. The van der Waals surface area contributed by atoms with Gasteiger partial charge in [0.25, 0.3) is 5.91 Å². The van der Waals surface area contributed by atoms with Crippen LogP contribution in [0, 0.1) is 23.4 Å². The van der Waals surface area contributed by atoms with Crippen molar-refractivity contribution in [3.05, 3.63) is 75.2 Å². The molecule has 12 heteroatoms. The third-order valence-corrected chi connectivity index (χ3v) is 8.00. The van der Waals surface area contributed by atoms with E-state index in [0.29, 0.717) is 30.2 Å². The van der Waals surface area contributed by atoms with E-state index in [1.807, 2.05) is 0 Å². The first kappa shape index (κ1) is 30.7. The number of nitrogens with two attached hydrogens (primary N) is 1. The molecule has 43 heavy (non-hydrogen) atoms. The summed E-state index contributed by atoms with van der Waals surface area (Å²) in [5.41, 5.74) is 1.18. The van der Waals surface area contributed by atoms with Gasteiger partial charge in [0, 0.05) is 34.5 Å². The number of alkyl halides is 1. The Labute approximate surface area is 251 Å². The number of methoxy groups -OCH3 is 1. The number of ether oxygens (including phenoxy) is 1. The van der Waals surface area contributed by atoms with Gasteiger partial charge in [0.15, 0.2) is 5.82 Å². The second kappa shape index (κ2) is 11.4. The highest BCUT2D eigenvalue weighted by Crippen LogP contribution is 2.47. The van der Waals surface area contributed by atoms with Gasteiger partial charge in [-0.25, -0.2) is 22.5 Å².